The molecule has 1 aromatic heterocycles. The largest absolute Gasteiger partial charge is 0.344 e. The van der Waals surface area contributed by atoms with Gasteiger partial charge in [0.2, 0.25) is 0 Å². The van der Waals surface area contributed by atoms with Gasteiger partial charge in [-0.05, 0) is 69.3 Å². The Morgan fingerprint density at radius 3 is 2.67 bits per heavy atom. The summed E-state index contributed by atoms with van der Waals surface area (Å²) in [5.41, 5.74) is 9.07. The van der Waals surface area contributed by atoms with Crippen molar-refractivity contribution in [3.63, 3.8) is 0 Å². The Labute approximate surface area is 162 Å². The number of aromatic nitrogens is 1. The van der Waals surface area contributed by atoms with Gasteiger partial charge in [0.05, 0.1) is 5.52 Å². The zero-order valence-electron chi connectivity index (χ0n) is 16.8. The maximum atomic E-state index is 2.70. The van der Waals surface area contributed by atoms with Crippen LogP contribution in [-0.2, 0) is 19.4 Å². The SMILES string of the molecule is Cc1cc(C)c2c(c1)c1c(n2CCCc2ccccc2)CC2CCC1N2C. The molecule has 0 radical (unpaired) electrons. The first-order valence-corrected chi connectivity index (χ1v) is 10.5. The number of benzene rings is 2. The highest BCUT2D eigenvalue weighted by atomic mass is 15.2. The van der Waals surface area contributed by atoms with Crippen molar-refractivity contribution >= 4 is 10.9 Å². The fraction of sp³-hybridized carbons (Fsp3) is 0.440. The summed E-state index contributed by atoms with van der Waals surface area (Å²) in [6.07, 6.45) is 6.27. The van der Waals surface area contributed by atoms with Gasteiger partial charge in [-0.15, -0.1) is 0 Å². The number of nitrogens with zero attached hydrogens (tertiary/aromatic N) is 2. The molecule has 140 valence electrons. The molecule has 0 aliphatic carbocycles. The lowest BCUT2D eigenvalue weighted by Gasteiger charge is -2.32. The minimum absolute atomic E-state index is 0.623. The van der Waals surface area contributed by atoms with E-state index in [1.54, 1.807) is 11.3 Å². The van der Waals surface area contributed by atoms with Crippen molar-refractivity contribution in [2.45, 2.75) is 64.6 Å². The van der Waals surface area contributed by atoms with Gasteiger partial charge >= 0.3 is 0 Å². The van der Waals surface area contributed by atoms with Crippen LogP contribution in [0.5, 0.6) is 0 Å². The van der Waals surface area contributed by atoms with E-state index in [4.69, 9.17) is 0 Å². The molecule has 0 N–H and O–H groups in total. The Morgan fingerprint density at radius 2 is 1.85 bits per heavy atom. The molecular formula is C25H30N2. The van der Waals surface area contributed by atoms with Crippen LogP contribution in [0.1, 0.15) is 53.3 Å². The summed E-state index contributed by atoms with van der Waals surface area (Å²) in [6.45, 7) is 5.68. The topological polar surface area (TPSA) is 8.17 Å². The summed E-state index contributed by atoms with van der Waals surface area (Å²) in [5, 5.41) is 1.53. The zero-order chi connectivity index (χ0) is 18.5. The van der Waals surface area contributed by atoms with E-state index in [1.807, 2.05) is 0 Å². The Kier molecular flexibility index (Phi) is 4.12. The van der Waals surface area contributed by atoms with E-state index in [1.165, 1.54) is 53.3 Å². The van der Waals surface area contributed by atoms with E-state index >= 15 is 0 Å². The second-order valence-electron chi connectivity index (χ2n) is 8.70. The molecule has 2 nitrogen and oxygen atoms in total. The highest BCUT2D eigenvalue weighted by molar-refractivity contribution is 5.90. The third-order valence-corrected chi connectivity index (χ3v) is 6.93. The molecule has 2 atom stereocenters. The molecule has 3 heterocycles. The fourth-order valence-electron chi connectivity index (χ4n) is 5.71. The first-order chi connectivity index (χ1) is 13.1. The predicted molar refractivity (Wildman–Crippen MR) is 113 cm³/mol. The van der Waals surface area contributed by atoms with E-state index < -0.39 is 0 Å². The molecule has 2 aliphatic rings. The third-order valence-electron chi connectivity index (χ3n) is 6.93. The van der Waals surface area contributed by atoms with Crippen molar-refractivity contribution in [1.29, 1.82) is 0 Å². The monoisotopic (exact) mass is 358 g/mol. The standard InChI is InChI=1S/C25H30N2/c1-17-14-18(2)25-21(15-17)24-22-12-11-20(26(22)3)16-23(24)27(25)13-7-10-19-8-5-4-6-9-19/h4-6,8-9,14-15,20,22H,7,10-13,16H2,1-3H3. The number of hydrogen-bond donors (Lipinski definition) is 0. The molecule has 27 heavy (non-hydrogen) atoms. The number of aryl methyl sites for hydroxylation is 4. The Hall–Kier alpha value is -2.06. The second kappa shape index (κ2) is 6.53. The number of hydrogen-bond acceptors (Lipinski definition) is 1. The molecule has 2 aliphatic heterocycles. The van der Waals surface area contributed by atoms with Crippen molar-refractivity contribution in [3.05, 3.63) is 70.4 Å². The number of rotatable bonds is 4. The number of likely N-dealkylation sites (N-methyl/N-ethyl adjacent to an activating group) is 1. The van der Waals surface area contributed by atoms with Crippen LogP contribution in [-0.4, -0.2) is 22.6 Å². The van der Waals surface area contributed by atoms with Crippen LogP contribution in [0, 0.1) is 13.8 Å². The smallest absolute Gasteiger partial charge is 0.0515 e. The van der Waals surface area contributed by atoms with Gasteiger partial charge < -0.3 is 4.57 Å². The molecule has 0 amide bonds. The predicted octanol–water partition coefficient (Wildman–Crippen LogP) is 5.58. The molecule has 2 aromatic carbocycles. The van der Waals surface area contributed by atoms with Crippen LogP contribution < -0.4 is 0 Å². The van der Waals surface area contributed by atoms with Gasteiger partial charge in [-0.2, -0.15) is 0 Å². The fourth-order valence-corrected chi connectivity index (χ4v) is 5.71. The van der Waals surface area contributed by atoms with E-state index in [2.05, 4.69) is 72.8 Å². The third kappa shape index (κ3) is 2.73. The normalized spacial score (nSPS) is 21.7. The summed E-state index contributed by atoms with van der Waals surface area (Å²) in [6, 6.07) is 17.1. The molecule has 5 rings (SSSR count). The van der Waals surface area contributed by atoms with E-state index in [0.717, 1.165) is 19.0 Å². The molecule has 0 saturated carbocycles. The minimum atomic E-state index is 0.623. The average Bonchev–Trinajstić information content (AvgIpc) is 3.07. The van der Waals surface area contributed by atoms with E-state index in [-0.39, 0.29) is 0 Å². The maximum absolute atomic E-state index is 2.70. The van der Waals surface area contributed by atoms with Crippen molar-refractivity contribution in [1.82, 2.24) is 9.47 Å². The number of fused-ring (bicyclic) bond motifs is 6. The first kappa shape index (κ1) is 17.1. The van der Waals surface area contributed by atoms with Gasteiger partial charge in [0.25, 0.3) is 0 Å². The molecule has 2 heteroatoms. The van der Waals surface area contributed by atoms with Crippen LogP contribution in [0.15, 0.2) is 42.5 Å². The quantitative estimate of drug-likeness (QED) is 0.591. The van der Waals surface area contributed by atoms with Gasteiger partial charge in [0.15, 0.2) is 0 Å². The van der Waals surface area contributed by atoms with Crippen LogP contribution >= 0.6 is 0 Å². The Bertz CT molecular complexity index is 983. The van der Waals surface area contributed by atoms with Gasteiger partial charge in [0.1, 0.15) is 0 Å². The van der Waals surface area contributed by atoms with Crippen molar-refractivity contribution < 1.29 is 0 Å². The van der Waals surface area contributed by atoms with Crippen LogP contribution in [0.2, 0.25) is 0 Å². The lowest BCUT2D eigenvalue weighted by molar-refractivity contribution is 0.222. The molecule has 1 saturated heterocycles. The molecular weight excluding hydrogens is 328 g/mol. The van der Waals surface area contributed by atoms with Crippen LogP contribution in [0.4, 0.5) is 0 Å². The minimum Gasteiger partial charge on any atom is -0.344 e. The average molecular weight is 359 g/mol. The van der Waals surface area contributed by atoms with Gasteiger partial charge in [-0.1, -0.05) is 42.0 Å². The summed E-state index contributed by atoms with van der Waals surface area (Å²) < 4.78 is 2.70. The van der Waals surface area contributed by atoms with Crippen LogP contribution in [0.25, 0.3) is 10.9 Å². The van der Waals surface area contributed by atoms with Gasteiger partial charge in [-0.25, -0.2) is 0 Å². The molecule has 0 spiro atoms. The summed E-state index contributed by atoms with van der Waals surface area (Å²) in [5.74, 6) is 0. The highest BCUT2D eigenvalue weighted by Gasteiger charge is 2.40. The lowest BCUT2D eigenvalue weighted by atomic mass is 9.96. The van der Waals surface area contributed by atoms with Gasteiger partial charge in [0, 0.05) is 36.1 Å². The molecule has 2 unspecified atom stereocenters. The van der Waals surface area contributed by atoms with E-state index in [0.29, 0.717) is 6.04 Å². The Balaban J connectivity index is 1.57. The molecule has 1 fully saturated rings. The summed E-state index contributed by atoms with van der Waals surface area (Å²) >= 11 is 0. The summed E-state index contributed by atoms with van der Waals surface area (Å²) in [4.78, 5) is 2.65. The maximum Gasteiger partial charge on any atom is 0.0515 e. The van der Waals surface area contributed by atoms with E-state index in [9.17, 15) is 0 Å². The molecule has 3 aromatic rings. The first-order valence-electron chi connectivity index (χ1n) is 10.5. The van der Waals surface area contributed by atoms with Crippen LogP contribution in [0.3, 0.4) is 0 Å². The van der Waals surface area contributed by atoms with Gasteiger partial charge in [-0.3, -0.25) is 4.90 Å². The summed E-state index contributed by atoms with van der Waals surface area (Å²) in [7, 11) is 2.34. The highest BCUT2D eigenvalue weighted by Crippen LogP contribution is 2.47. The van der Waals surface area contributed by atoms with Crippen molar-refractivity contribution in [2.24, 2.45) is 0 Å². The second-order valence-corrected chi connectivity index (χ2v) is 8.70. The zero-order valence-corrected chi connectivity index (χ0v) is 16.8. The van der Waals surface area contributed by atoms with Crippen molar-refractivity contribution in [3.8, 4) is 0 Å². The Morgan fingerprint density at radius 1 is 1.04 bits per heavy atom. The lowest BCUT2D eigenvalue weighted by Crippen LogP contribution is -2.34. The molecule has 2 bridgehead atoms. The van der Waals surface area contributed by atoms with Crippen molar-refractivity contribution in [2.75, 3.05) is 7.05 Å².